The second-order valence-corrected chi connectivity index (χ2v) is 29.6. The fourth-order valence-electron chi connectivity index (χ4n) is 8.23. The third-order valence-corrected chi connectivity index (χ3v) is 18.1. The van der Waals surface area contributed by atoms with Crippen LogP contribution < -0.4 is 15.9 Å². The smallest absolute Gasteiger partial charge is 0.356 e. The predicted octanol–water partition coefficient (Wildman–Crippen LogP) is 7.25. The van der Waals surface area contributed by atoms with E-state index in [-0.39, 0.29) is 36.2 Å². The molecule has 9 nitrogen and oxygen atoms in total. The minimum atomic E-state index is -3.17. The summed E-state index contributed by atoms with van der Waals surface area (Å²) in [7, 11) is -3.93. The van der Waals surface area contributed by atoms with Crippen LogP contribution in [0.1, 0.15) is 29.3 Å². The average Bonchev–Trinajstić information content (AvgIpc) is 3.57. The van der Waals surface area contributed by atoms with Crippen molar-refractivity contribution in [3.05, 3.63) is 139 Å². The number of hydrogen-bond donors (Lipinski definition) is 0. The molecule has 304 valence electrons. The van der Waals surface area contributed by atoms with Crippen molar-refractivity contribution in [1.82, 2.24) is 14.4 Å². The van der Waals surface area contributed by atoms with E-state index in [2.05, 4.69) is 45.9 Å². The van der Waals surface area contributed by atoms with Gasteiger partial charge in [-0.1, -0.05) is 148 Å². The van der Waals surface area contributed by atoms with Crippen molar-refractivity contribution in [1.29, 1.82) is 0 Å². The monoisotopic (exact) mass is 833 g/mol. The van der Waals surface area contributed by atoms with E-state index in [1.54, 1.807) is 17.0 Å². The molecule has 0 bridgehead atoms. The first-order valence-corrected chi connectivity index (χ1v) is 28.6. The number of likely N-dealkylation sites (tertiary alicyclic amines) is 1. The molecular formula is C46H56N3O6PSi2. The molecule has 2 aliphatic rings. The average molecular weight is 834 g/mol. The molecule has 58 heavy (non-hydrogen) atoms. The number of carbonyl (C=O) groups is 4. The Labute approximate surface area is 345 Å². The number of urea groups is 1. The lowest BCUT2D eigenvalue weighted by Gasteiger charge is -2.52. The van der Waals surface area contributed by atoms with E-state index in [1.165, 1.54) is 6.08 Å². The SMILES string of the molecule is C=CCOC(=O)C(N1C(=O)[C@H]([C@@H](C)O[Si](C)(C)C)[C@H]1CC(=O)c1ccc(CN2CCN([Si](C)(C)C)C2=O)cc1)=P(c1ccccc1)(c1ccccc1)c1ccccc1. The summed E-state index contributed by atoms with van der Waals surface area (Å²) in [6.45, 7) is 17.1. The van der Waals surface area contributed by atoms with Crippen LogP contribution in [-0.4, -0.2) is 91.9 Å². The van der Waals surface area contributed by atoms with Gasteiger partial charge >= 0.3 is 12.0 Å². The van der Waals surface area contributed by atoms with E-state index in [9.17, 15) is 19.2 Å². The van der Waals surface area contributed by atoms with Gasteiger partial charge in [-0.15, -0.1) is 0 Å². The zero-order valence-corrected chi connectivity index (χ0v) is 37.7. The van der Waals surface area contributed by atoms with Gasteiger partial charge in [0.1, 0.15) is 12.0 Å². The van der Waals surface area contributed by atoms with E-state index >= 15 is 0 Å². The van der Waals surface area contributed by atoms with Crippen molar-refractivity contribution >= 4 is 68.5 Å². The number of Topliss-reactive ketones (excluding diaryl/α,β-unsaturated/α-hetero) is 1. The summed E-state index contributed by atoms with van der Waals surface area (Å²) in [6.07, 6.45) is 0.967. The molecule has 12 heteroatoms. The highest BCUT2D eigenvalue weighted by atomic mass is 31.2. The lowest BCUT2D eigenvalue weighted by Crippen LogP contribution is -2.69. The first kappa shape index (κ1) is 42.8. The molecule has 4 aromatic carbocycles. The fourth-order valence-corrected chi connectivity index (χ4v) is 15.4. The van der Waals surface area contributed by atoms with Crippen molar-refractivity contribution in [2.24, 2.45) is 5.92 Å². The molecule has 0 spiro atoms. The first-order chi connectivity index (χ1) is 27.6. The van der Waals surface area contributed by atoms with E-state index in [0.717, 1.165) is 28.0 Å². The van der Waals surface area contributed by atoms with Crippen LogP contribution in [0.3, 0.4) is 0 Å². The van der Waals surface area contributed by atoms with Gasteiger partial charge in [-0.2, -0.15) is 0 Å². The minimum absolute atomic E-state index is 0.0401. The van der Waals surface area contributed by atoms with Crippen LogP contribution in [0.2, 0.25) is 39.3 Å². The second kappa shape index (κ2) is 17.6. The number of esters is 1. The van der Waals surface area contributed by atoms with E-state index in [4.69, 9.17) is 9.16 Å². The standard InChI is InChI=1S/C46H56N3O6PSi2/c1-9-31-54-45(52)44(56(37-19-13-10-14-20-37,38-21-15-11-16-22-38)39-23-17-12-18-24-39)49-40(42(43(49)51)34(2)55-58(6,7)8)32-41(50)36-27-25-35(26-28-36)33-47-29-30-48(46(47)53)57(3,4)5/h9-28,34,40,42H,1,29-33H2,2-8H3/t34-,40-,42-/m1/s1. The summed E-state index contributed by atoms with van der Waals surface area (Å²) in [6, 6.07) is 36.3. The fraction of sp³-hybridized carbons (Fsp3) is 0.326. The van der Waals surface area contributed by atoms with Gasteiger partial charge in [0.25, 0.3) is 0 Å². The van der Waals surface area contributed by atoms with Gasteiger partial charge in [0, 0.05) is 38.5 Å². The van der Waals surface area contributed by atoms with Crippen LogP contribution >= 0.6 is 6.89 Å². The van der Waals surface area contributed by atoms with Crippen molar-refractivity contribution in [2.75, 3.05) is 19.7 Å². The Morgan fingerprint density at radius 3 is 1.76 bits per heavy atom. The highest BCUT2D eigenvalue weighted by molar-refractivity contribution is 7.96. The van der Waals surface area contributed by atoms with Crippen LogP contribution in [-0.2, 0) is 25.3 Å². The summed E-state index contributed by atoms with van der Waals surface area (Å²) in [4.78, 5) is 61.0. The number of β-lactam (4-membered cyclic amide) rings is 1. The Hall–Kier alpha value is -4.81. The van der Waals surface area contributed by atoms with E-state index in [0.29, 0.717) is 18.7 Å². The van der Waals surface area contributed by atoms with Crippen molar-refractivity contribution in [3.8, 4) is 0 Å². The zero-order valence-electron chi connectivity index (χ0n) is 34.8. The molecular weight excluding hydrogens is 778 g/mol. The highest BCUT2D eigenvalue weighted by Gasteiger charge is 2.56. The van der Waals surface area contributed by atoms with Crippen molar-refractivity contribution in [3.63, 3.8) is 0 Å². The van der Waals surface area contributed by atoms with Crippen LogP contribution in [0.15, 0.2) is 128 Å². The van der Waals surface area contributed by atoms with E-state index < -0.39 is 47.5 Å². The van der Waals surface area contributed by atoms with Gasteiger partial charge < -0.3 is 23.5 Å². The molecule has 0 aromatic heterocycles. The summed E-state index contributed by atoms with van der Waals surface area (Å²) < 4.78 is 14.5. The van der Waals surface area contributed by atoms with Gasteiger partial charge in [0.05, 0.1) is 18.1 Å². The number of ketones is 1. The highest BCUT2D eigenvalue weighted by Crippen LogP contribution is 2.50. The van der Waals surface area contributed by atoms with Crippen molar-refractivity contribution < 1.29 is 28.3 Å². The number of benzene rings is 4. The molecule has 0 radical (unpaired) electrons. The van der Waals surface area contributed by atoms with E-state index in [1.807, 2.05) is 120 Å². The molecule has 0 saturated carbocycles. The van der Waals surface area contributed by atoms with Gasteiger partial charge in [-0.3, -0.25) is 9.59 Å². The largest absolute Gasteiger partial charge is 0.457 e. The number of carbonyl (C=O) groups excluding carboxylic acids is 4. The molecule has 2 fully saturated rings. The summed E-state index contributed by atoms with van der Waals surface area (Å²) in [5, 5.41) is 2.60. The Morgan fingerprint density at radius 2 is 1.31 bits per heavy atom. The number of ether oxygens (including phenoxy) is 1. The lowest BCUT2D eigenvalue weighted by molar-refractivity contribution is -0.156. The van der Waals surface area contributed by atoms with Gasteiger partial charge in [0.2, 0.25) is 5.91 Å². The van der Waals surface area contributed by atoms with Crippen LogP contribution in [0.5, 0.6) is 0 Å². The molecule has 2 aliphatic heterocycles. The summed E-state index contributed by atoms with van der Waals surface area (Å²) in [5.41, 5.74) is 1.64. The third kappa shape index (κ3) is 8.78. The molecule has 2 saturated heterocycles. The number of hydrogen-bond acceptors (Lipinski definition) is 6. The van der Waals surface area contributed by atoms with Gasteiger partial charge in [-0.05, 0) is 48.0 Å². The molecule has 6 rings (SSSR count). The maximum absolute atomic E-state index is 15.0. The molecule has 3 atom stereocenters. The Balaban J connectivity index is 1.48. The summed E-state index contributed by atoms with van der Waals surface area (Å²) >= 11 is 0. The lowest BCUT2D eigenvalue weighted by atomic mass is 9.79. The summed E-state index contributed by atoms with van der Waals surface area (Å²) in [5.74, 6) is -1.76. The Bertz CT molecular complexity index is 2080. The third-order valence-electron chi connectivity index (χ3n) is 10.8. The Morgan fingerprint density at radius 1 is 0.793 bits per heavy atom. The molecule has 3 amide bonds. The topological polar surface area (TPSA) is 96.5 Å². The number of rotatable bonds is 16. The van der Waals surface area contributed by atoms with Crippen molar-refractivity contribution in [2.45, 2.75) is 71.3 Å². The molecule has 4 aromatic rings. The maximum atomic E-state index is 15.0. The molecule has 0 N–H and O–H groups in total. The Kier molecular flexibility index (Phi) is 13.0. The molecule has 2 heterocycles. The molecule has 0 aliphatic carbocycles. The number of amides is 3. The van der Waals surface area contributed by atoms with Crippen LogP contribution in [0, 0.1) is 5.92 Å². The van der Waals surface area contributed by atoms with Gasteiger partial charge in [-0.25, -0.2) is 9.59 Å². The predicted molar refractivity (Wildman–Crippen MR) is 241 cm³/mol. The normalized spacial score (nSPS) is 17.8. The second-order valence-electron chi connectivity index (χ2n) is 17.0. The quantitative estimate of drug-likeness (QED) is 0.0295. The van der Waals surface area contributed by atoms with Crippen LogP contribution in [0.4, 0.5) is 4.79 Å². The minimum Gasteiger partial charge on any atom is -0.457 e. The van der Waals surface area contributed by atoms with Crippen LogP contribution in [0.25, 0.3) is 0 Å². The van der Waals surface area contributed by atoms with Gasteiger partial charge in [0.15, 0.2) is 22.3 Å². The molecule has 0 unspecified atom stereocenters. The first-order valence-electron chi connectivity index (χ1n) is 20.0. The maximum Gasteiger partial charge on any atom is 0.356 e. The zero-order chi connectivity index (χ0) is 41.8. The number of nitrogens with zero attached hydrogens (tertiary/aromatic N) is 3.